The number of amides is 1. The van der Waals surface area contributed by atoms with Crippen molar-refractivity contribution in [1.82, 2.24) is 16.0 Å². The Hall–Kier alpha value is -1.51. The van der Waals surface area contributed by atoms with Crippen molar-refractivity contribution in [1.29, 1.82) is 0 Å². The van der Waals surface area contributed by atoms with Crippen LogP contribution < -0.4 is 20.7 Å². The zero-order valence-electron chi connectivity index (χ0n) is 16.4. The Kier molecular flexibility index (Phi) is 11.9. The van der Waals surface area contributed by atoms with Crippen LogP contribution in [0, 0.1) is 5.92 Å². The first-order valence-electron chi connectivity index (χ1n) is 9.63. The molecule has 0 bridgehead atoms. The molecule has 1 aliphatic rings. The number of hydrogen-bond acceptors (Lipinski definition) is 3. The van der Waals surface area contributed by atoms with Crippen molar-refractivity contribution in [3.05, 3.63) is 29.8 Å². The second-order valence-corrected chi connectivity index (χ2v) is 6.68. The lowest BCUT2D eigenvalue weighted by Crippen LogP contribution is -2.41. The zero-order valence-corrected chi connectivity index (χ0v) is 18.8. The number of aliphatic imine (C=N–C) groups is 1. The number of hydrogen-bond donors (Lipinski definition) is 3. The number of methoxy groups -OCH3 is 1. The molecule has 27 heavy (non-hydrogen) atoms. The molecule has 3 N–H and O–H groups in total. The molecule has 0 aromatic heterocycles. The molecule has 7 heteroatoms. The standard InChI is InChI=1S/C20H32N4O2.HI/c1-3-21-20(24-15-17-9-6-10-18(13-17)26-2)23-12-11-22-19(25)14-16-7-4-5-8-16;/h6,9-10,13,16H,3-5,7-8,11-12,14-15H2,1-2H3,(H,22,25)(H2,21,23,24);1H. The zero-order chi connectivity index (χ0) is 18.6. The highest BCUT2D eigenvalue weighted by Crippen LogP contribution is 2.27. The van der Waals surface area contributed by atoms with Crippen LogP contribution in [0.25, 0.3) is 0 Å². The van der Waals surface area contributed by atoms with E-state index in [0.29, 0.717) is 32.0 Å². The molecule has 0 heterocycles. The SMILES string of the molecule is CCNC(=NCc1cccc(OC)c1)NCCNC(=O)CC1CCCC1.I. The van der Waals surface area contributed by atoms with Crippen LogP contribution in [0.4, 0.5) is 0 Å². The minimum Gasteiger partial charge on any atom is -0.497 e. The van der Waals surface area contributed by atoms with E-state index in [0.717, 1.165) is 23.8 Å². The van der Waals surface area contributed by atoms with E-state index in [9.17, 15) is 4.79 Å². The lowest BCUT2D eigenvalue weighted by atomic mass is 10.0. The third kappa shape index (κ3) is 9.30. The molecule has 6 nitrogen and oxygen atoms in total. The molecule has 0 saturated heterocycles. The number of halogens is 1. The first-order valence-corrected chi connectivity index (χ1v) is 9.63. The molecule has 1 aliphatic carbocycles. The van der Waals surface area contributed by atoms with Gasteiger partial charge in [0, 0.05) is 26.1 Å². The third-order valence-electron chi connectivity index (χ3n) is 4.59. The summed E-state index contributed by atoms with van der Waals surface area (Å²) in [6, 6.07) is 7.89. The summed E-state index contributed by atoms with van der Waals surface area (Å²) in [5, 5.41) is 9.48. The predicted molar refractivity (Wildman–Crippen MR) is 121 cm³/mol. The van der Waals surface area contributed by atoms with Crippen LogP contribution in [0.5, 0.6) is 5.75 Å². The van der Waals surface area contributed by atoms with Gasteiger partial charge >= 0.3 is 0 Å². The van der Waals surface area contributed by atoms with Crippen LogP contribution >= 0.6 is 24.0 Å². The number of benzene rings is 1. The van der Waals surface area contributed by atoms with Crippen molar-refractivity contribution in [2.75, 3.05) is 26.7 Å². The third-order valence-corrected chi connectivity index (χ3v) is 4.59. The molecule has 1 saturated carbocycles. The molecule has 0 aliphatic heterocycles. The molecule has 0 spiro atoms. The van der Waals surface area contributed by atoms with Crippen molar-refractivity contribution in [2.24, 2.45) is 10.9 Å². The summed E-state index contributed by atoms with van der Waals surface area (Å²) in [6.07, 6.45) is 5.62. The Bertz CT molecular complexity index is 589. The number of ether oxygens (including phenoxy) is 1. The Morgan fingerprint density at radius 3 is 2.63 bits per heavy atom. The van der Waals surface area contributed by atoms with Crippen LogP contribution in [0.3, 0.4) is 0 Å². The van der Waals surface area contributed by atoms with Crippen LogP contribution in [-0.2, 0) is 11.3 Å². The van der Waals surface area contributed by atoms with E-state index >= 15 is 0 Å². The number of guanidine groups is 1. The number of carbonyl (C=O) groups excluding carboxylic acids is 1. The fraction of sp³-hybridized carbons (Fsp3) is 0.600. The van der Waals surface area contributed by atoms with E-state index in [1.54, 1.807) is 7.11 Å². The van der Waals surface area contributed by atoms with Crippen LogP contribution in [0.15, 0.2) is 29.3 Å². The van der Waals surface area contributed by atoms with Crippen molar-refractivity contribution < 1.29 is 9.53 Å². The summed E-state index contributed by atoms with van der Waals surface area (Å²) in [5.74, 6) is 2.34. The van der Waals surface area contributed by atoms with Crippen LogP contribution in [0.1, 0.15) is 44.6 Å². The smallest absolute Gasteiger partial charge is 0.220 e. The number of nitrogens with one attached hydrogen (secondary N) is 3. The van der Waals surface area contributed by atoms with Crippen LogP contribution in [0.2, 0.25) is 0 Å². The molecule has 1 amide bonds. The largest absolute Gasteiger partial charge is 0.497 e. The van der Waals surface area contributed by atoms with Gasteiger partial charge in [0.2, 0.25) is 5.91 Å². The monoisotopic (exact) mass is 488 g/mol. The quantitative estimate of drug-likeness (QED) is 0.216. The Labute approximate surface area is 179 Å². The van der Waals surface area contributed by atoms with Gasteiger partial charge in [-0.25, -0.2) is 4.99 Å². The van der Waals surface area contributed by atoms with Gasteiger partial charge in [-0.1, -0.05) is 25.0 Å². The van der Waals surface area contributed by atoms with E-state index in [2.05, 4.69) is 20.9 Å². The van der Waals surface area contributed by atoms with Gasteiger partial charge < -0.3 is 20.7 Å². The van der Waals surface area contributed by atoms with Crippen LogP contribution in [-0.4, -0.2) is 38.6 Å². The predicted octanol–water partition coefficient (Wildman–Crippen LogP) is 3.06. The molecule has 0 atom stereocenters. The average molecular weight is 488 g/mol. The van der Waals surface area contributed by atoms with Gasteiger partial charge in [0.05, 0.1) is 13.7 Å². The van der Waals surface area contributed by atoms with Gasteiger partial charge in [0.15, 0.2) is 5.96 Å². The van der Waals surface area contributed by atoms with Gasteiger partial charge in [-0.05, 0) is 43.4 Å². The number of nitrogens with zero attached hydrogens (tertiary/aromatic N) is 1. The lowest BCUT2D eigenvalue weighted by Gasteiger charge is -2.13. The first-order chi connectivity index (χ1) is 12.7. The molecule has 2 rings (SSSR count). The number of rotatable bonds is 9. The van der Waals surface area contributed by atoms with E-state index in [-0.39, 0.29) is 29.9 Å². The summed E-state index contributed by atoms with van der Waals surface area (Å²) in [7, 11) is 1.66. The van der Waals surface area contributed by atoms with Crippen molar-refractivity contribution in [3.8, 4) is 5.75 Å². The summed E-state index contributed by atoms with van der Waals surface area (Å²) in [4.78, 5) is 16.5. The molecular formula is C20H33IN4O2. The van der Waals surface area contributed by atoms with E-state index in [1.165, 1.54) is 25.7 Å². The fourth-order valence-electron chi connectivity index (χ4n) is 3.21. The fourth-order valence-corrected chi connectivity index (χ4v) is 3.21. The molecular weight excluding hydrogens is 455 g/mol. The van der Waals surface area contributed by atoms with E-state index in [4.69, 9.17) is 4.74 Å². The minimum absolute atomic E-state index is 0. The molecule has 0 unspecified atom stereocenters. The Morgan fingerprint density at radius 2 is 1.93 bits per heavy atom. The topological polar surface area (TPSA) is 74.8 Å². The number of carbonyl (C=O) groups is 1. The van der Waals surface area contributed by atoms with E-state index in [1.807, 2.05) is 31.2 Å². The molecule has 0 radical (unpaired) electrons. The first kappa shape index (κ1) is 23.5. The van der Waals surface area contributed by atoms with Crippen molar-refractivity contribution in [2.45, 2.75) is 45.6 Å². The summed E-state index contributed by atoms with van der Waals surface area (Å²) in [6.45, 7) is 4.65. The molecule has 1 aromatic rings. The van der Waals surface area contributed by atoms with Gasteiger partial charge in [-0.2, -0.15) is 0 Å². The molecule has 1 aromatic carbocycles. The second kappa shape index (κ2) is 13.6. The van der Waals surface area contributed by atoms with Gasteiger partial charge in [0.1, 0.15) is 5.75 Å². The maximum atomic E-state index is 11.9. The van der Waals surface area contributed by atoms with E-state index < -0.39 is 0 Å². The summed E-state index contributed by atoms with van der Waals surface area (Å²) >= 11 is 0. The van der Waals surface area contributed by atoms with Gasteiger partial charge in [-0.3, -0.25) is 4.79 Å². The highest BCUT2D eigenvalue weighted by Gasteiger charge is 2.17. The second-order valence-electron chi connectivity index (χ2n) is 6.68. The Morgan fingerprint density at radius 1 is 1.19 bits per heavy atom. The summed E-state index contributed by atoms with van der Waals surface area (Å²) in [5.41, 5.74) is 1.09. The lowest BCUT2D eigenvalue weighted by molar-refractivity contribution is -0.121. The average Bonchev–Trinajstić information content (AvgIpc) is 3.16. The summed E-state index contributed by atoms with van der Waals surface area (Å²) < 4.78 is 5.24. The van der Waals surface area contributed by atoms with Gasteiger partial charge in [-0.15, -0.1) is 24.0 Å². The highest BCUT2D eigenvalue weighted by molar-refractivity contribution is 14.0. The minimum atomic E-state index is 0. The maximum Gasteiger partial charge on any atom is 0.220 e. The molecule has 152 valence electrons. The normalized spacial score (nSPS) is 14.4. The van der Waals surface area contributed by atoms with Crippen molar-refractivity contribution >= 4 is 35.8 Å². The highest BCUT2D eigenvalue weighted by atomic mass is 127. The van der Waals surface area contributed by atoms with Gasteiger partial charge in [0.25, 0.3) is 0 Å². The Balaban J connectivity index is 0.00000364. The molecule has 1 fully saturated rings. The maximum absolute atomic E-state index is 11.9. The van der Waals surface area contributed by atoms with Crippen molar-refractivity contribution in [3.63, 3.8) is 0 Å².